The Morgan fingerprint density at radius 3 is 2.81 bits per heavy atom. The van der Waals surface area contributed by atoms with Gasteiger partial charge in [0.05, 0.1) is 6.61 Å². The molecule has 1 heterocycles. The van der Waals surface area contributed by atoms with E-state index in [-0.39, 0.29) is 5.78 Å². The summed E-state index contributed by atoms with van der Waals surface area (Å²) in [6.45, 7) is 4.56. The highest BCUT2D eigenvalue weighted by Gasteiger charge is 2.28. The zero-order valence-electron chi connectivity index (χ0n) is 9.97. The van der Waals surface area contributed by atoms with Crippen molar-refractivity contribution < 1.29 is 13.9 Å². The minimum Gasteiger partial charge on any atom is -0.465 e. The molecule has 0 bridgehead atoms. The number of aryl methyl sites for hydroxylation is 1. The molecule has 0 spiro atoms. The van der Waals surface area contributed by atoms with Crippen molar-refractivity contribution in [3.05, 3.63) is 16.9 Å². The number of ketones is 1. The van der Waals surface area contributed by atoms with Gasteiger partial charge in [-0.3, -0.25) is 4.79 Å². The first-order valence-corrected chi connectivity index (χ1v) is 6.08. The number of ether oxygens (including phenoxy) is 1. The van der Waals surface area contributed by atoms with E-state index in [1.807, 2.05) is 6.92 Å². The van der Waals surface area contributed by atoms with E-state index in [2.05, 4.69) is 6.92 Å². The van der Waals surface area contributed by atoms with Crippen LogP contribution in [-0.4, -0.2) is 12.4 Å². The summed E-state index contributed by atoms with van der Waals surface area (Å²) < 4.78 is 11.1. The number of carbonyl (C=O) groups excluding carboxylic acids is 1. The minimum absolute atomic E-state index is 0.177. The molecule has 1 aliphatic carbocycles. The van der Waals surface area contributed by atoms with Crippen molar-refractivity contribution in [1.82, 2.24) is 0 Å². The van der Waals surface area contributed by atoms with Gasteiger partial charge in [-0.1, -0.05) is 6.92 Å². The topological polar surface area (TPSA) is 39.4 Å². The van der Waals surface area contributed by atoms with Crippen LogP contribution in [0.2, 0.25) is 0 Å². The SMILES string of the molecule is CCCc1oc(OCC)c2c1CCCC2=O. The number of hydrogen-bond donors (Lipinski definition) is 0. The lowest BCUT2D eigenvalue weighted by molar-refractivity contribution is 0.0966. The maximum absolute atomic E-state index is 11.9. The van der Waals surface area contributed by atoms with E-state index in [1.165, 1.54) is 0 Å². The standard InChI is InChI=1S/C13H18O3/c1-3-6-11-9-7-5-8-10(14)12(9)13(16-11)15-4-2/h3-8H2,1-2H3. The molecule has 3 nitrogen and oxygen atoms in total. The van der Waals surface area contributed by atoms with Crippen LogP contribution >= 0.6 is 0 Å². The van der Waals surface area contributed by atoms with E-state index in [1.54, 1.807) is 0 Å². The molecular weight excluding hydrogens is 204 g/mol. The summed E-state index contributed by atoms with van der Waals surface area (Å²) in [5.74, 6) is 1.58. The van der Waals surface area contributed by atoms with Crippen LogP contribution in [-0.2, 0) is 12.8 Å². The van der Waals surface area contributed by atoms with Crippen LogP contribution in [0.15, 0.2) is 4.42 Å². The largest absolute Gasteiger partial charge is 0.465 e. The summed E-state index contributed by atoms with van der Waals surface area (Å²) in [7, 11) is 0. The molecule has 0 saturated carbocycles. The second-order valence-corrected chi connectivity index (χ2v) is 4.13. The van der Waals surface area contributed by atoms with Gasteiger partial charge in [0, 0.05) is 18.4 Å². The number of hydrogen-bond acceptors (Lipinski definition) is 3. The van der Waals surface area contributed by atoms with E-state index in [0.717, 1.165) is 42.6 Å². The Kier molecular flexibility index (Phi) is 3.32. The van der Waals surface area contributed by atoms with Crippen LogP contribution in [0.1, 0.15) is 54.8 Å². The van der Waals surface area contributed by atoms with E-state index in [0.29, 0.717) is 19.0 Å². The van der Waals surface area contributed by atoms with Gasteiger partial charge in [-0.25, -0.2) is 0 Å². The van der Waals surface area contributed by atoms with Crippen molar-refractivity contribution in [3.8, 4) is 5.95 Å². The summed E-state index contributed by atoms with van der Waals surface area (Å²) in [6.07, 6.45) is 4.43. The third kappa shape index (κ3) is 1.86. The third-order valence-corrected chi connectivity index (χ3v) is 2.92. The Morgan fingerprint density at radius 2 is 2.12 bits per heavy atom. The van der Waals surface area contributed by atoms with Crippen molar-refractivity contribution in [2.24, 2.45) is 0 Å². The molecule has 0 saturated heterocycles. The first-order valence-electron chi connectivity index (χ1n) is 6.08. The van der Waals surface area contributed by atoms with Crippen molar-refractivity contribution in [2.45, 2.75) is 46.0 Å². The molecule has 1 aromatic heterocycles. The average Bonchev–Trinajstić information content (AvgIpc) is 2.60. The van der Waals surface area contributed by atoms with Crippen LogP contribution in [0.5, 0.6) is 5.95 Å². The van der Waals surface area contributed by atoms with Gasteiger partial charge in [-0.2, -0.15) is 0 Å². The maximum atomic E-state index is 11.9. The van der Waals surface area contributed by atoms with E-state index in [9.17, 15) is 4.79 Å². The molecule has 88 valence electrons. The van der Waals surface area contributed by atoms with Crippen molar-refractivity contribution >= 4 is 5.78 Å². The van der Waals surface area contributed by atoms with Gasteiger partial charge in [0.2, 0.25) is 0 Å². The van der Waals surface area contributed by atoms with Crippen LogP contribution in [0, 0.1) is 0 Å². The van der Waals surface area contributed by atoms with Crippen molar-refractivity contribution in [2.75, 3.05) is 6.61 Å². The molecule has 0 aromatic carbocycles. The maximum Gasteiger partial charge on any atom is 0.296 e. The molecule has 1 aliphatic rings. The van der Waals surface area contributed by atoms with Gasteiger partial charge in [0.25, 0.3) is 5.95 Å². The van der Waals surface area contributed by atoms with Crippen LogP contribution in [0.3, 0.4) is 0 Å². The van der Waals surface area contributed by atoms with Gasteiger partial charge >= 0.3 is 0 Å². The number of fused-ring (bicyclic) bond motifs is 1. The number of Topliss-reactive ketones (excluding diaryl/α,β-unsaturated/α-hetero) is 1. The molecule has 0 atom stereocenters. The molecular formula is C13H18O3. The third-order valence-electron chi connectivity index (χ3n) is 2.92. The molecule has 0 radical (unpaired) electrons. The lowest BCUT2D eigenvalue weighted by Crippen LogP contribution is -2.11. The zero-order valence-corrected chi connectivity index (χ0v) is 9.97. The molecule has 0 N–H and O–H groups in total. The smallest absolute Gasteiger partial charge is 0.296 e. The highest BCUT2D eigenvalue weighted by atomic mass is 16.6. The fourth-order valence-corrected chi connectivity index (χ4v) is 2.25. The average molecular weight is 222 g/mol. The second kappa shape index (κ2) is 4.73. The Morgan fingerprint density at radius 1 is 1.31 bits per heavy atom. The predicted octanol–water partition coefficient (Wildman–Crippen LogP) is 3.15. The van der Waals surface area contributed by atoms with Gasteiger partial charge in [-0.05, 0) is 26.2 Å². The summed E-state index contributed by atoms with van der Waals surface area (Å²) in [4.78, 5) is 11.9. The molecule has 1 aromatic rings. The quantitative estimate of drug-likeness (QED) is 0.785. The van der Waals surface area contributed by atoms with E-state index < -0.39 is 0 Å². The van der Waals surface area contributed by atoms with Gasteiger partial charge in [0.1, 0.15) is 11.3 Å². The fraction of sp³-hybridized carbons (Fsp3) is 0.615. The van der Waals surface area contributed by atoms with Crippen molar-refractivity contribution in [3.63, 3.8) is 0 Å². The molecule has 3 heteroatoms. The highest BCUT2D eigenvalue weighted by Crippen LogP contribution is 2.35. The summed E-state index contributed by atoms with van der Waals surface area (Å²) in [5, 5.41) is 0. The first kappa shape index (κ1) is 11.2. The number of furan rings is 1. The minimum atomic E-state index is 0.177. The predicted molar refractivity (Wildman–Crippen MR) is 61.1 cm³/mol. The molecule has 16 heavy (non-hydrogen) atoms. The highest BCUT2D eigenvalue weighted by molar-refractivity contribution is 6.00. The van der Waals surface area contributed by atoms with E-state index in [4.69, 9.17) is 9.15 Å². The lowest BCUT2D eigenvalue weighted by atomic mass is 9.91. The Labute approximate surface area is 95.8 Å². The Balaban J connectivity index is 2.42. The van der Waals surface area contributed by atoms with E-state index >= 15 is 0 Å². The lowest BCUT2D eigenvalue weighted by Gasteiger charge is -2.10. The second-order valence-electron chi connectivity index (χ2n) is 4.13. The molecule has 0 fully saturated rings. The molecule has 0 unspecified atom stereocenters. The Bertz CT molecular complexity index is 390. The zero-order chi connectivity index (χ0) is 11.5. The van der Waals surface area contributed by atoms with Crippen LogP contribution < -0.4 is 4.74 Å². The van der Waals surface area contributed by atoms with Gasteiger partial charge in [-0.15, -0.1) is 0 Å². The van der Waals surface area contributed by atoms with Gasteiger partial charge in [0.15, 0.2) is 5.78 Å². The first-order chi connectivity index (χ1) is 7.77. The molecule has 0 amide bonds. The number of rotatable bonds is 4. The Hall–Kier alpha value is -1.25. The van der Waals surface area contributed by atoms with Crippen LogP contribution in [0.4, 0.5) is 0 Å². The normalized spacial score (nSPS) is 15.0. The van der Waals surface area contributed by atoms with Gasteiger partial charge < -0.3 is 9.15 Å². The summed E-state index contributed by atoms with van der Waals surface area (Å²) >= 11 is 0. The van der Waals surface area contributed by atoms with Crippen LogP contribution in [0.25, 0.3) is 0 Å². The fourth-order valence-electron chi connectivity index (χ4n) is 2.25. The monoisotopic (exact) mass is 222 g/mol. The summed E-state index contributed by atoms with van der Waals surface area (Å²) in [6, 6.07) is 0. The molecule has 2 rings (SSSR count). The number of carbonyl (C=O) groups is 1. The summed E-state index contributed by atoms with van der Waals surface area (Å²) in [5.41, 5.74) is 1.82. The van der Waals surface area contributed by atoms with Crippen molar-refractivity contribution in [1.29, 1.82) is 0 Å². The molecule has 0 aliphatic heterocycles.